The molecule has 17 heavy (non-hydrogen) atoms. The molecule has 2 atom stereocenters. The van der Waals surface area contributed by atoms with E-state index in [9.17, 15) is 9.59 Å². The highest BCUT2D eigenvalue weighted by atomic mass is 79.9. The molecule has 4 heteroatoms. The Balaban J connectivity index is 1.91. The molecule has 0 heterocycles. The van der Waals surface area contributed by atoms with E-state index in [0.29, 0.717) is 12.0 Å². The third-order valence-electron chi connectivity index (χ3n) is 3.04. The van der Waals surface area contributed by atoms with E-state index in [4.69, 9.17) is 0 Å². The fourth-order valence-electron chi connectivity index (χ4n) is 1.91. The number of ketones is 1. The van der Waals surface area contributed by atoms with Crippen molar-refractivity contribution in [2.75, 3.05) is 7.11 Å². The molecule has 0 radical (unpaired) electrons. The molecule has 0 spiro atoms. The molecule has 1 saturated carbocycles. The van der Waals surface area contributed by atoms with Crippen LogP contribution in [0.15, 0.2) is 28.7 Å². The van der Waals surface area contributed by atoms with E-state index in [-0.39, 0.29) is 23.6 Å². The Morgan fingerprint density at radius 3 is 2.59 bits per heavy atom. The van der Waals surface area contributed by atoms with Crippen molar-refractivity contribution in [2.24, 2.45) is 11.8 Å². The lowest BCUT2D eigenvalue weighted by molar-refractivity contribution is -0.142. The number of hydrogen-bond acceptors (Lipinski definition) is 3. The van der Waals surface area contributed by atoms with Crippen LogP contribution in [0.25, 0.3) is 0 Å². The number of Topliss-reactive ketones (excluding diaryl/α,β-unsaturated/α-hetero) is 1. The molecule has 1 aliphatic rings. The first kappa shape index (κ1) is 12.3. The lowest BCUT2D eigenvalue weighted by Crippen LogP contribution is -2.07. The van der Waals surface area contributed by atoms with Gasteiger partial charge in [0.15, 0.2) is 5.78 Å². The fraction of sp³-hybridized carbons (Fsp3) is 0.385. The SMILES string of the molecule is COC(=O)[C@H]1C[C@@H]1CC(=O)c1ccc(Br)cc1. The number of carbonyl (C=O) groups excluding carboxylic acids is 2. The first-order chi connectivity index (χ1) is 8.11. The van der Waals surface area contributed by atoms with E-state index in [1.54, 1.807) is 12.1 Å². The first-order valence-electron chi connectivity index (χ1n) is 5.48. The zero-order valence-electron chi connectivity index (χ0n) is 9.48. The van der Waals surface area contributed by atoms with Crippen molar-refractivity contribution < 1.29 is 14.3 Å². The molecule has 0 aromatic heterocycles. The highest BCUT2D eigenvalue weighted by Gasteiger charge is 2.44. The third kappa shape index (κ3) is 2.94. The fourth-order valence-corrected chi connectivity index (χ4v) is 2.17. The Hall–Kier alpha value is -1.16. The van der Waals surface area contributed by atoms with Crippen molar-refractivity contribution >= 4 is 27.7 Å². The summed E-state index contributed by atoms with van der Waals surface area (Å²) in [5, 5.41) is 0. The van der Waals surface area contributed by atoms with Crippen molar-refractivity contribution in [3.63, 3.8) is 0 Å². The molecular formula is C13H13BrO3. The quantitative estimate of drug-likeness (QED) is 0.634. The summed E-state index contributed by atoms with van der Waals surface area (Å²) < 4.78 is 5.60. The van der Waals surface area contributed by atoms with Crippen LogP contribution in [0.2, 0.25) is 0 Å². The molecule has 1 fully saturated rings. The Morgan fingerprint density at radius 2 is 2.00 bits per heavy atom. The maximum absolute atomic E-state index is 11.9. The van der Waals surface area contributed by atoms with Crippen LogP contribution in [0, 0.1) is 11.8 Å². The summed E-state index contributed by atoms with van der Waals surface area (Å²) in [6, 6.07) is 7.28. The predicted molar refractivity (Wildman–Crippen MR) is 66.7 cm³/mol. The van der Waals surface area contributed by atoms with Gasteiger partial charge >= 0.3 is 5.97 Å². The average molecular weight is 297 g/mol. The van der Waals surface area contributed by atoms with Gasteiger partial charge in [0.1, 0.15) is 0 Å². The van der Waals surface area contributed by atoms with Crippen molar-refractivity contribution in [2.45, 2.75) is 12.8 Å². The van der Waals surface area contributed by atoms with E-state index < -0.39 is 0 Å². The maximum atomic E-state index is 11.9. The molecule has 0 bridgehead atoms. The Bertz CT molecular complexity index is 438. The van der Waals surface area contributed by atoms with E-state index in [1.807, 2.05) is 12.1 Å². The van der Waals surface area contributed by atoms with Crippen LogP contribution in [0.5, 0.6) is 0 Å². The van der Waals surface area contributed by atoms with E-state index >= 15 is 0 Å². The summed E-state index contributed by atoms with van der Waals surface area (Å²) in [5.41, 5.74) is 0.698. The Kier molecular flexibility index (Phi) is 3.62. The first-order valence-corrected chi connectivity index (χ1v) is 6.27. The minimum absolute atomic E-state index is 0.0700. The number of esters is 1. The summed E-state index contributed by atoms with van der Waals surface area (Å²) in [7, 11) is 1.38. The molecule has 1 aromatic carbocycles. The molecule has 2 rings (SSSR count). The molecule has 0 saturated heterocycles. The summed E-state index contributed by atoms with van der Waals surface area (Å²) in [5.74, 6) is -0.00879. The minimum Gasteiger partial charge on any atom is -0.469 e. The number of carbonyl (C=O) groups is 2. The minimum atomic E-state index is -0.196. The molecule has 0 aliphatic heterocycles. The number of ether oxygens (including phenoxy) is 1. The second-order valence-corrected chi connectivity index (χ2v) is 5.18. The van der Waals surface area contributed by atoms with Crippen LogP contribution in [0.1, 0.15) is 23.2 Å². The van der Waals surface area contributed by atoms with Gasteiger partial charge in [-0.1, -0.05) is 28.1 Å². The van der Waals surface area contributed by atoms with Crippen LogP contribution >= 0.6 is 15.9 Å². The molecule has 90 valence electrons. The van der Waals surface area contributed by atoms with Gasteiger partial charge in [0.2, 0.25) is 0 Å². The Morgan fingerprint density at radius 1 is 1.35 bits per heavy atom. The zero-order chi connectivity index (χ0) is 12.4. The summed E-state index contributed by atoms with van der Waals surface area (Å²) in [6.45, 7) is 0. The number of hydrogen-bond donors (Lipinski definition) is 0. The summed E-state index contributed by atoms with van der Waals surface area (Å²) >= 11 is 3.32. The number of halogens is 1. The molecular weight excluding hydrogens is 284 g/mol. The monoisotopic (exact) mass is 296 g/mol. The highest BCUT2D eigenvalue weighted by molar-refractivity contribution is 9.10. The van der Waals surface area contributed by atoms with Gasteiger partial charge in [-0.25, -0.2) is 0 Å². The lowest BCUT2D eigenvalue weighted by atomic mass is 10.1. The molecule has 0 amide bonds. The van der Waals surface area contributed by atoms with Gasteiger partial charge < -0.3 is 4.74 Å². The van der Waals surface area contributed by atoms with Crippen LogP contribution in [0.4, 0.5) is 0 Å². The Labute approximate surface area is 108 Å². The standard InChI is InChI=1S/C13H13BrO3/c1-17-13(16)11-6-9(11)7-12(15)8-2-4-10(14)5-3-8/h2-5,9,11H,6-7H2,1H3/t9-,11+/m1/s1. The van der Waals surface area contributed by atoms with Crippen molar-refractivity contribution in [1.29, 1.82) is 0 Å². The smallest absolute Gasteiger partial charge is 0.308 e. The number of rotatable bonds is 4. The van der Waals surface area contributed by atoms with Gasteiger partial charge in [-0.3, -0.25) is 9.59 Å². The van der Waals surface area contributed by atoms with Gasteiger partial charge in [0.25, 0.3) is 0 Å². The second kappa shape index (κ2) is 5.00. The normalized spacial score (nSPS) is 22.0. The largest absolute Gasteiger partial charge is 0.469 e. The highest BCUT2D eigenvalue weighted by Crippen LogP contribution is 2.42. The predicted octanol–water partition coefficient (Wildman–Crippen LogP) is 2.83. The van der Waals surface area contributed by atoms with Crippen LogP contribution in [-0.2, 0) is 9.53 Å². The van der Waals surface area contributed by atoms with Gasteiger partial charge in [-0.05, 0) is 24.5 Å². The zero-order valence-corrected chi connectivity index (χ0v) is 11.1. The number of benzene rings is 1. The third-order valence-corrected chi connectivity index (χ3v) is 3.57. The number of methoxy groups -OCH3 is 1. The van der Waals surface area contributed by atoms with Gasteiger partial charge in [-0.15, -0.1) is 0 Å². The molecule has 3 nitrogen and oxygen atoms in total. The van der Waals surface area contributed by atoms with E-state index in [2.05, 4.69) is 20.7 Å². The molecule has 0 N–H and O–H groups in total. The lowest BCUT2D eigenvalue weighted by Gasteiger charge is -2.00. The van der Waals surface area contributed by atoms with Crippen LogP contribution in [-0.4, -0.2) is 18.9 Å². The molecule has 1 aromatic rings. The van der Waals surface area contributed by atoms with Crippen LogP contribution < -0.4 is 0 Å². The van der Waals surface area contributed by atoms with E-state index in [0.717, 1.165) is 10.9 Å². The van der Waals surface area contributed by atoms with Crippen LogP contribution in [0.3, 0.4) is 0 Å². The maximum Gasteiger partial charge on any atom is 0.308 e. The second-order valence-electron chi connectivity index (χ2n) is 4.26. The van der Waals surface area contributed by atoms with Gasteiger partial charge in [0, 0.05) is 16.5 Å². The summed E-state index contributed by atoms with van der Waals surface area (Å²) in [6.07, 6.45) is 1.20. The topological polar surface area (TPSA) is 43.4 Å². The summed E-state index contributed by atoms with van der Waals surface area (Å²) in [4.78, 5) is 23.1. The van der Waals surface area contributed by atoms with Crippen molar-refractivity contribution in [1.82, 2.24) is 0 Å². The van der Waals surface area contributed by atoms with Crippen molar-refractivity contribution in [3.05, 3.63) is 34.3 Å². The van der Waals surface area contributed by atoms with Gasteiger partial charge in [-0.2, -0.15) is 0 Å². The molecule has 1 aliphatic carbocycles. The van der Waals surface area contributed by atoms with E-state index in [1.165, 1.54) is 7.11 Å². The average Bonchev–Trinajstić information content (AvgIpc) is 3.08. The van der Waals surface area contributed by atoms with Crippen molar-refractivity contribution in [3.8, 4) is 0 Å². The molecule has 0 unspecified atom stereocenters. The van der Waals surface area contributed by atoms with Gasteiger partial charge in [0.05, 0.1) is 13.0 Å².